The molecule has 1 aliphatic rings. The number of phenols is 1. The molecule has 206 valence electrons. The van der Waals surface area contributed by atoms with Crippen LogP contribution in [0.15, 0.2) is 36.7 Å². The minimum Gasteiger partial charge on any atom is -0.508 e. The second-order valence-corrected chi connectivity index (χ2v) is 9.37. The van der Waals surface area contributed by atoms with Gasteiger partial charge in [0.2, 0.25) is 11.7 Å². The minimum absolute atomic E-state index is 0.00355. The average molecular weight is 538 g/mol. The van der Waals surface area contributed by atoms with Gasteiger partial charge in [-0.15, -0.1) is 0 Å². The summed E-state index contributed by atoms with van der Waals surface area (Å²) >= 11 is 0. The van der Waals surface area contributed by atoms with Crippen LogP contribution >= 0.6 is 0 Å². The van der Waals surface area contributed by atoms with E-state index in [-0.39, 0.29) is 29.5 Å². The summed E-state index contributed by atoms with van der Waals surface area (Å²) < 4.78 is 4.79. The number of benzene rings is 1. The molecule has 13 heteroatoms. The number of phenolic OH excluding ortho intramolecular Hbond substituents is 1. The highest BCUT2D eigenvalue weighted by Gasteiger charge is 2.35. The van der Waals surface area contributed by atoms with E-state index in [0.29, 0.717) is 24.9 Å². The summed E-state index contributed by atoms with van der Waals surface area (Å²) in [5.74, 6) is -2.68. The Hall–Kier alpha value is -4.57. The number of methoxy groups -OCH3 is 1. The zero-order valence-electron chi connectivity index (χ0n) is 21.9. The number of nitrogens with one attached hydrogen (secondary N) is 3. The van der Waals surface area contributed by atoms with Crippen LogP contribution in [-0.4, -0.2) is 75.6 Å². The van der Waals surface area contributed by atoms with Crippen molar-refractivity contribution < 1.29 is 29.0 Å². The summed E-state index contributed by atoms with van der Waals surface area (Å²) in [7, 11) is 1.26. The molecule has 1 unspecified atom stereocenters. The lowest BCUT2D eigenvalue weighted by atomic mass is 10.00. The van der Waals surface area contributed by atoms with Crippen molar-refractivity contribution in [1.82, 2.24) is 31.0 Å². The number of rotatable bonds is 9. The Balaban J connectivity index is 1.80. The van der Waals surface area contributed by atoms with Crippen LogP contribution in [0.5, 0.6) is 5.75 Å². The zero-order valence-corrected chi connectivity index (χ0v) is 21.9. The number of esters is 1. The number of amides is 3. The summed E-state index contributed by atoms with van der Waals surface area (Å²) in [6, 6.07) is 5.26. The fourth-order valence-corrected chi connectivity index (χ4v) is 4.09. The first-order valence-corrected chi connectivity index (χ1v) is 12.4. The molecular formula is C26H31N7O6. The standard InChI is InChI=1S/C26H31N7O6/c1-15(2)22(31-23(35)17-13-28-21(12-27)29-14-17)24(36)30-20(11-16-6-4-7-18(34)10-16)25(37)33-9-5-8-19(32-33)26(38)39-3/h4,6-7,10,13-15,19-20,22,32,34H,5,8-9,11H2,1-3H3,(H,30,36)(H,31,35)/t19?,20-,22-/m0/s1. The van der Waals surface area contributed by atoms with Crippen molar-refractivity contribution in [2.24, 2.45) is 5.92 Å². The van der Waals surface area contributed by atoms with Crippen LogP contribution in [0.1, 0.15) is 48.4 Å². The monoisotopic (exact) mass is 537 g/mol. The van der Waals surface area contributed by atoms with Crippen molar-refractivity contribution >= 4 is 23.7 Å². The van der Waals surface area contributed by atoms with Gasteiger partial charge in [0.15, 0.2) is 0 Å². The molecule has 3 rings (SSSR count). The first kappa shape index (κ1) is 29.0. The Morgan fingerprint density at radius 2 is 1.95 bits per heavy atom. The van der Waals surface area contributed by atoms with E-state index in [1.807, 2.05) is 0 Å². The Kier molecular flexibility index (Phi) is 9.88. The van der Waals surface area contributed by atoms with Crippen molar-refractivity contribution in [3.05, 3.63) is 53.6 Å². The predicted octanol–water partition coefficient (Wildman–Crippen LogP) is 0.204. The highest BCUT2D eigenvalue weighted by molar-refractivity contribution is 5.98. The lowest BCUT2D eigenvalue weighted by molar-refractivity contribution is -0.151. The topological polar surface area (TPSA) is 187 Å². The van der Waals surface area contributed by atoms with E-state index >= 15 is 0 Å². The van der Waals surface area contributed by atoms with E-state index in [2.05, 4.69) is 26.0 Å². The van der Waals surface area contributed by atoms with Crippen LogP contribution < -0.4 is 16.1 Å². The van der Waals surface area contributed by atoms with Crippen molar-refractivity contribution in [3.8, 4) is 11.8 Å². The van der Waals surface area contributed by atoms with Crippen LogP contribution in [0, 0.1) is 17.2 Å². The Morgan fingerprint density at radius 3 is 2.56 bits per heavy atom. The second kappa shape index (κ2) is 13.3. The highest BCUT2D eigenvalue weighted by Crippen LogP contribution is 2.16. The summed E-state index contributed by atoms with van der Waals surface area (Å²) in [4.78, 5) is 59.4. The number of aromatic hydroxyl groups is 1. The molecule has 2 aromatic rings. The molecule has 3 amide bonds. The Labute approximate surface area is 225 Å². The predicted molar refractivity (Wildman–Crippen MR) is 136 cm³/mol. The molecule has 1 saturated heterocycles. The van der Waals surface area contributed by atoms with Crippen LogP contribution in [-0.2, 0) is 25.5 Å². The number of carbonyl (C=O) groups is 4. The van der Waals surface area contributed by atoms with Gasteiger partial charge in [-0.05, 0) is 36.5 Å². The molecule has 4 N–H and O–H groups in total. The molecular weight excluding hydrogens is 506 g/mol. The number of nitriles is 1. The normalized spacial score (nSPS) is 16.5. The van der Waals surface area contributed by atoms with Gasteiger partial charge < -0.3 is 20.5 Å². The molecule has 1 aromatic heterocycles. The van der Waals surface area contributed by atoms with E-state index in [0.717, 1.165) is 0 Å². The third-order valence-electron chi connectivity index (χ3n) is 6.15. The SMILES string of the molecule is COC(=O)C1CCCN(C(=O)[C@H](Cc2cccc(O)c2)NC(=O)[C@@H](NC(=O)c2cnc(C#N)nc2)C(C)C)N1. The third kappa shape index (κ3) is 7.71. The summed E-state index contributed by atoms with van der Waals surface area (Å²) in [5, 5.41) is 25.4. The number of carbonyl (C=O) groups excluding carboxylic acids is 4. The molecule has 2 heterocycles. The molecule has 0 bridgehead atoms. The molecule has 39 heavy (non-hydrogen) atoms. The molecule has 13 nitrogen and oxygen atoms in total. The lowest BCUT2D eigenvalue weighted by Crippen LogP contribution is -2.62. The minimum atomic E-state index is -1.08. The highest BCUT2D eigenvalue weighted by atomic mass is 16.5. The van der Waals surface area contributed by atoms with E-state index in [4.69, 9.17) is 10.00 Å². The molecule has 3 atom stereocenters. The summed E-state index contributed by atoms with van der Waals surface area (Å²) in [5.41, 5.74) is 3.53. The van der Waals surface area contributed by atoms with Gasteiger partial charge in [-0.1, -0.05) is 26.0 Å². The Morgan fingerprint density at radius 1 is 1.23 bits per heavy atom. The van der Waals surface area contributed by atoms with Gasteiger partial charge in [-0.2, -0.15) is 5.26 Å². The third-order valence-corrected chi connectivity index (χ3v) is 6.15. The van der Waals surface area contributed by atoms with Crippen molar-refractivity contribution in [3.63, 3.8) is 0 Å². The van der Waals surface area contributed by atoms with Crippen LogP contribution in [0.4, 0.5) is 0 Å². The summed E-state index contributed by atoms with van der Waals surface area (Å²) in [6.07, 6.45) is 3.44. The van der Waals surface area contributed by atoms with Gasteiger partial charge in [0.25, 0.3) is 11.8 Å². The molecule has 1 aromatic carbocycles. The quantitative estimate of drug-likeness (QED) is 0.322. The van der Waals surface area contributed by atoms with Gasteiger partial charge in [0.05, 0.1) is 12.7 Å². The van der Waals surface area contributed by atoms with E-state index in [9.17, 15) is 24.3 Å². The maximum Gasteiger partial charge on any atom is 0.324 e. The van der Waals surface area contributed by atoms with E-state index in [1.165, 1.54) is 36.6 Å². The van der Waals surface area contributed by atoms with Gasteiger partial charge in [0.1, 0.15) is 29.9 Å². The van der Waals surface area contributed by atoms with E-state index in [1.54, 1.807) is 32.0 Å². The second-order valence-electron chi connectivity index (χ2n) is 9.37. The molecule has 0 spiro atoms. The maximum absolute atomic E-state index is 13.6. The van der Waals surface area contributed by atoms with Gasteiger partial charge in [0, 0.05) is 25.4 Å². The largest absolute Gasteiger partial charge is 0.508 e. The lowest BCUT2D eigenvalue weighted by Gasteiger charge is -2.35. The van der Waals surface area contributed by atoms with Crippen molar-refractivity contribution in [2.45, 2.75) is 51.2 Å². The summed E-state index contributed by atoms with van der Waals surface area (Å²) in [6.45, 7) is 3.78. The van der Waals surface area contributed by atoms with Gasteiger partial charge in [-0.3, -0.25) is 24.2 Å². The average Bonchev–Trinajstić information content (AvgIpc) is 2.94. The van der Waals surface area contributed by atoms with E-state index < -0.39 is 41.8 Å². The van der Waals surface area contributed by atoms with Crippen LogP contribution in [0.3, 0.4) is 0 Å². The zero-order chi connectivity index (χ0) is 28.5. The van der Waals surface area contributed by atoms with Crippen LogP contribution in [0.25, 0.3) is 0 Å². The molecule has 0 saturated carbocycles. The fraction of sp³-hybridized carbons (Fsp3) is 0.423. The smallest absolute Gasteiger partial charge is 0.324 e. The van der Waals surface area contributed by atoms with Crippen LogP contribution in [0.2, 0.25) is 0 Å². The maximum atomic E-state index is 13.6. The number of ether oxygens (including phenoxy) is 1. The number of hydrogen-bond acceptors (Lipinski definition) is 10. The van der Waals surface area contributed by atoms with Gasteiger partial charge >= 0.3 is 5.97 Å². The van der Waals surface area contributed by atoms with Gasteiger partial charge in [-0.25, -0.2) is 15.4 Å². The number of nitrogens with zero attached hydrogens (tertiary/aromatic N) is 4. The fourth-order valence-electron chi connectivity index (χ4n) is 4.09. The number of hydrogen-bond donors (Lipinski definition) is 4. The number of hydrazine groups is 1. The molecule has 1 fully saturated rings. The van der Waals surface area contributed by atoms with Crippen molar-refractivity contribution in [1.29, 1.82) is 5.26 Å². The molecule has 0 aliphatic carbocycles. The molecule has 1 aliphatic heterocycles. The molecule has 0 radical (unpaired) electrons. The number of aromatic nitrogens is 2. The van der Waals surface area contributed by atoms with Crippen molar-refractivity contribution in [2.75, 3.05) is 13.7 Å². The Bertz CT molecular complexity index is 1240. The first-order chi connectivity index (χ1) is 18.6. The first-order valence-electron chi connectivity index (χ1n) is 12.4.